The zero-order valence-electron chi connectivity index (χ0n) is 12.6. The fourth-order valence-corrected chi connectivity index (χ4v) is 2.58. The molecule has 1 fully saturated rings. The molecule has 0 aromatic rings. The normalized spacial score (nSPS) is 40.8. The van der Waals surface area contributed by atoms with Gasteiger partial charge in [0.15, 0.2) is 11.9 Å². The van der Waals surface area contributed by atoms with Crippen LogP contribution in [0.15, 0.2) is 0 Å². The summed E-state index contributed by atoms with van der Waals surface area (Å²) in [5, 5.41) is 50.2. The molecule has 0 radical (unpaired) electrons. The summed E-state index contributed by atoms with van der Waals surface area (Å²) in [5.41, 5.74) is -6.33. The first kappa shape index (κ1) is 18.3. The largest absolute Gasteiger partial charge is 0.481 e. The van der Waals surface area contributed by atoms with Crippen LogP contribution in [0.1, 0.15) is 34.1 Å². The Balaban J connectivity index is 3.26. The van der Waals surface area contributed by atoms with Gasteiger partial charge < -0.3 is 35.0 Å². The van der Waals surface area contributed by atoms with Crippen LogP contribution < -0.4 is 0 Å². The Bertz CT molecular complexity index is 392. The Labute approximate surface area is 122 Å². The van der Waals surface area contributed by atoms with E-state index in [2.05, 4.69) is 0 Å². The van der Waals surface area contributed by atoms with E-state index in [1.54, 1.807) is 6.92 Å². The maximum atomic E-state index is 11.0. The van der Waals surface area contributed by atoms with E-state index in [0.29, 0.717) is 0 Å². The molecule has 124 valence electrons. The molecule has 21 heavy (non-hydrogen) atoms. The maximum absolute atomic E-state index is 11.0. The minimum atomic E-state index is -2.27. The zero-order chi connectivity index (χ0) is 16.6. The third-order valence-electron chi connectivity index (χ3n) is 4.15. The molecule has 0 spiro atoms. The van der Waals surface area contributed by atoms with E-state index in [9.17, 15) is 25.2 Å². The van der Waals surface area contributed by atoms with Crippen molar-refractivity contribution in [2.45, 2.75) is 69.4 Å². The molecule has 0 saturated carbocycles. The lowest BCUT2D eigenvalue weighted by Gasteiger charge is -2.42. The minimum absolute atomic E-state index is 0.103. The van der Waals surface area contributed by atoms with Crippen LogP contribution in [0, 0.1) is 0 Å². The molecular weight excluding hydrogens is 284 g/mol. The van der Waals surface area contributed by atoms with E-state index < -0.39 is 47.7 Å². The molecule has 5 N–H and O–H groups in total. The van der Waals surface area contributed by atoms with Crippen molar-refractivity contribution in [1.82, 2.24) is 0 Å². The molecule has 0 aromatic heterocycles. The van der Waals surface area contributed by atoms with Crippen LogP contribution >= 0.6 is 0 Å². The highest BCUT2D eigenvalue weighted by atomic mass is 16.7. The predicted octanol–water partition coefficient (Wildman–Crippen LogP) is -1.16. The number of rotatable bonds is 6. The molecule has 0 aliphatic carbocycles. The lowest BCUT2D eigenvalue weighted by atomic mass is 9.73. The standard InChI is InChI=1S/C13H24O8/c1-5-20-10-13(19,6-8(15)16)12(4,18)9(21-10)11(3,17)7(2)14/h7,9-10,14,17-19H,5-6H2,1-4H3,(H,15,16)/t7?,9-,10?,11-,12+,13+/m1/s1. The van der Waals surface area contributed by atoms with Crippen LogP contribution in [-0.4, -0.2) is 73.4 Å². The molecule has 1 heterocycles. The molecule has 6 atom stereocenters. The van der Waals surface area contributed by atoms with Crippen LogP contribution in [0.4, 0.5) is 0 Å². The summed E-state index contributed by atoms with van der Waals surface area (Å²) in [5.74, 6) is -1.36. The maximum Gasteiger partial charge on any atom is 0.306 e. The number of carboxylic acids is 1. The Morgan fingerprint density at radius 3 is 2.38 bits per heavy atom. The number of aliphatic carboxylic acids is 1. The molecular formula is C13H24O8. The van der Waals surface area contributed by atoms with Gasteiger partial charge in [0, 0.05) is 6.61 Å². The third kappa shape index (κ3) is 2.92. The Kier molecular flexibility index (Phi) is 5.04. The summed E-state index contributed by atoms with van der Waals surface area (Å²) in [7, 11) is 0. The van der Waals surface area contributed by atoms with E-state index in [1.165, 1.54) is 13.8 Å². The molecule has 0 amide bonds. The van der Waals surface area contributed by atoms with Crippen molar-refractivity contribution < 1.29 is 39.8 Å². The second-order valence-electron chi connectivity index (χ2n) is 5.85. The van der Waals surface area contributed by atoms with Gasteiger partial charge in [0.2, 0.25) is 0 Å². The van der Waals surface area contributed by atoms with E-state index in [0.717, 1.165) is 6.92 Å². The third-order valence-corrected chi connectivity index (χ3v) is 4.15. The Morgan fingerprint density at radius 2 is 2.00 bits per heavy atom. The van der Waals surface area contributed by atoms with Gasteiger partial charge in [-0.05, 0) is 27.7 Å². The lowest BCUT2D eigenvalue weighted by molar-refractivity contribution is -0.225. The number of aliphatic hydroxyl groups excluding tert-OH is 1. The van der Waals surface area contributed by atoms with Crippen LogP contribution in [0.3, 0.4) is 0 Å². The summed E-state index contributed by atoms with van der Waals surface area (Å²) in [6.45, 7) is 5.39. The van der Waals surface area contributed by atoms with Gasteiger partial charge in [0.05, 0.1) is 12.5 Å². The van der Waals surface area contributed by atoms with Crippen molar-refractivity contribution in [2.24, 2.45) is 0 Å². The van der Waals surface area contributed by atoms with Crippen molar-refractivity contribution in [1.29, 1.82) is 0 Å². The monoisotopic (exact) mass is 308 g/mol. The summed E-state index contributed by atoms with van der Waals surface area (Å²) < 4.78 is 10.5. The average Bonchev–Trinajstić information content (AvgIpc) is 2.49. The summed E-state index contributed by atoms with van der Waals surface area (Å²) in [4.78, 5) is 11.0. The molecule has 1 aliphatic heterocycles. The van der Waals surface area contributed by atoms with Crippen molar-refractivity contribution in [3.63, 3.8) is 0 Å². The first-order valence-electron chi connectivity index (χ1n) is 6.75. The average molecular weight is 308 g/mol. The van der Waals surface area contributed by atoms with Crippen molar-refractivity contribution in [3.05, 3.63) is 0 Å². The van der Waals surface area contributed by atoms with Gasteiger partial charge in [-0.3, -0.25) is 4.79 Å². The zero-order valence-corrected chi connectivity index (χ0v) is 12.6. The Hall–Kier alpha value is -0.770. The highest BCUT2D eigenvalue weighted by Gasteiger charge is 2.69. The summed E-state index contributed by atoms with van der Waals surface area (Å²) >= 11 is 0. The van der Waals surface area contributed by atoms with Gasteiger partial charge in [0.25, 0.3) is 0 Å². The van der Waals surface area contributed by atoms with Crippen LogP contribution in [-0.2, 0) is 14.3 Å². The van der Waals surface area contributed by atoms with Gasteiger partial charge in [0.1, 0.15) is 17.3 Å². The minimum Gasteiger partial charge on any atom is -0.481 e. The second kappa shape index (κ2) is 5.79. The van der Waals surface area contributed by atoms with Crippen molar-refractivity contribution >= 4 is 5.97 Å². The van der Waals surface area contributed by atoms with Gasteiger partial charge in [-0.2, -0.15) is 0 Å². The van der Waals surface area contributed by atoms with Gasteiger partial charge in [-0.15, -0.1) is 0 Å². The highest BCUT2D eigenvalue weighted by Crippen LogP contribution is 2.46. The van der Waals surface area contributed by atoms with Crippen LogP contribution in [0.25, 0.3) is 0 Å². The fraction of sp³-hybridized carbons (Fsp3) is 0.923. The van der Waals surface area contributed by atoms with E-state index in [-0.39, 0.29) is 6.61 Å². The van der Waals surface area contributed by atoms with Crippen molar-refractivity contribution in [3.8, 4) is 0 Å². The van der Waals surface area contributed by atoms with Gasteiger partial charge in [-0.25, -0.2) is 0 Å². The van der Waals surface area contributed by atoms with E-state index >= 15 is 0 Å². The number of carboxylic acid groups (broad SMARTS) is 1. The molecule has 8 nitrogen and oxygen atoms in total. The highest BCUT2D eigenvalue weighted by molar-refractivity contribution is 5.68. The number of carbonyl (C=O) groups is 1. The number of aliphatic hydroxyl groups is 4. The number of hydrogen-bond acceptors (Lipinski definition) is 7. The topological polar surface area (TPSA) is 137 Å². The van der Waals surface area contributed by atoms with Gasteiger partial charge in [-0.1, -0.05) is 0 Å². The van der Waals surface area contributed by atoms with E-state index in [4.69, 9.17) is 14.6 Å². The predicted molar refractivity (Wildman–Crippen MR) is 70.4 cm³/mol. The molecule has 2 unspecified atom stereocenters. The smallest absolute Gasteiger partial charge is 0.306 e. The molecule has 1 aliphatic rings. The molecule has 8 heteroatoms. The first-order chi connectivity index (χ1) is 9.41. The molecule has 0 aromatic carbocycles. The van der Waals surface area contributed by atoms with E-state index in [1.807, 2.05) is 0 Å². The van der Waals surface area contributed by atoms with Crippen molar-refractivity contribution in [2.75, 3.05) is 6.61 Å². The number of hydrogen-bond donors (Lipinski definition) is 5. The first-order valence-corrected chi connectivity index (χ1v) is 6.75. The lowest BCUT2D eigenvalue weighted by Crippen LogP contribution is -2.64. The van der Waals surface area contributed by atoms with Crippen LogP contribution in [0.2, 0.25) is 0 Å². The fourth-order valence-electron chi connectivity index (χ4n) is 2.58. The number of ether oxygens (including phenoxy) is 2. The second-order valence-corrected chi connectivity index (χ2v) is 5.85. The molecule has 1 rings (SSSR count). The van der Waals surface area contributed by atoms with Gasteiger partial charge >= 0.3 is 5.97 Å². The summed E-state index contributed by atoms with van der Waals surface area (Å²) in [6.07, 6.45) is -5.00. The molecule has 0 bridgehead atoms. The molecule has 1 saturated heterocycles. The quantitative estimate of drug-likeness (QED) is 0.414. The SMILES string of the molecule is CCOC1O[C@H]([C@](C)(O)C(C)O)[C@](C)(O)[C@]1(O)CC(=O)O. The Morgan fingerprint density at radius 1 is 1.48 bits per heavy atom. The van der Waals surface area contributed by atoms with Crippen LogP contribution in [0.5, 0.6) is 0 Å². The summed E-state index contributed by atoms with van der Waals surface area (Å²) in [6, 6.07) is 0.